The lowest BCUT2D eigenvalue weighted by atomic mass is 10.2. The van der Waals surface area contributed by atoms with Crippen molar-refractivity contribution in [3.63, 3.8) is 0 Å². The number of nitrogens with one attached hydrogen (secondary N) is 1. The van der Waals surface area contributed by atoms with E-state index in [-0.39, 0.29) is 36.6 Å². The molecule has 2 heterocycles. The predicted molar refractivity (Wildman–Crippen MR) is 99.2 cm³/mol. The zero-order valence-electron chi connectivity index (χ0n) is 15.0. The van der Waals surface area contributed by atoms with Gasteiger partial charge in [-0.15, -0.1) is 0 Å². The normalized spacial score (nSPS) is 21.9. The number of carbonyl (C=O) groups excluding carboxylic acids is 2. The minimum Gasteiger partial charge on any atom is -0.372 e. The third-order valence-electron chi connectivity index (χ3n) is 4.14. The molecule has 7 nitrogen and oxygen atoms in total. The first-order chi connectivity index (χ1) is 11.8. The van der Waals surface area contributed by atoms with Gasteiger partial charge in [-0.1, -0.05) is 0 Å². The molecule has 0 bridgehead atoms. The molecule has 1 aromatic heterocycles. The number of hydrogen-bond acceptors (Lipinski definition) is 5. The number of hydrogen-bond donors (Lipinski definition) is 1. The maximum atomic E-state index is 12.7. The minimum atomic E-state index is -0.388. The molecular weight excluding hydrogens is 388 g/mol. The fraction of sp³-hybridized carbons (Fsp3) is 0.588. The molecule has 1 aliphatic rings. The second-order valence-electron chi connectivity index (χ2n) is 6.50. The van der Waals surface area contributed by atoms with Crippen molar-refractivity contribution in [2.75, 3.05) is 32.0 Å². The number of pyridine rings is 1. The van der Waals surface area contributed by atoms with Gasteiger partial charge in [0, 0.05) is 23.8 Å². The molecule has 1 N–H and O–H groups in total. The minimum absolute atomic E-state index is 0.0130. The van der Waals surface area contributed by atoms with Crippen molar-refractivity contribution in [2.45, 2.75) is 39.0 Å². The Kier molecular flexibility index (Phi) is 6.92. The first-order valence-corrected chi connectivity index (χ1v) is 9.11. The molecule has 1 fully saturated rings. The molecule has 138 valence electrons. The maximum absolute atomic E-state index is 12.7. The standard InChI is InChI=1S/C17H25BrN4O3/c1-11-8-22(9-12(2)25-11)17(24)13(3)21(4)10-16(23)20-15-6-5-14(18)7-19-15/h5-7,11-13H,8-10H2,1-4H3,(H,19,20,23). The summed E-state index contributed by atoms with van der Waals surface area (Å²) in [6.45, 7) is 7.01. The Morgan fingerprint density at radius 2 is 2.04 bits per heavy atom. The molecule has 3 unspecified atom stereocenters. The van der Waals surface area contributed by atoms with Crippen LogP contribution in [0, 0.1) is 0 Å². The molecule has 25 heavy (non-hydrogen) atoms. The highest BCUT2D eigenvalue weighted by Gasteiger charge is 2.30. The van der Waals surface area contributed by atoms with Crippen molar-refractivity contribution in [2.24, 2.45) is 0 Å². The average molecular weight is 413 g/mol. The van der Waals surface area contributed by atoms with Gasteiger partial charge in [0.2, 0.25) is 11.8 Å². The Bertz CT molecular complexity index is 600. The number of aromatic nitrogens is 1. The fourth-order valence-corrected chi connectivity index (χ4v) is 3.04. The molecule has 1 saturated heterocycles. The third-order valence-corrected chi connectivity index (χ3v) is 4.61. The highest BCUT2D eigenvalue weighted by Crippen LogP contribution is 2.14. The van der Waals surface area contributed by atoms with Crippen LogP contribution in [0.1, 0.15) is 20.8 Å². The lowest BCUT2D eigenvalue weighted by molar-refractivity contribution is -0.148. The molecule has 0 aromatic carbocycles. The fourth-order valence-electron chi connectivity index (χ4n) is 2.81. The highest BCUT2D eigenvalue weighted by molar-refractivity contribution is 9.10. The summed E-state index contributed by atoms with van der Waals surface area (Å²) < 4.78 is 6.51. The van der Waals surface area contributed by atoms with Gasteiger partial charge in [-0.3, -0.25) is 14.5 Å². The van der Waals surface area contributed by atoms with Gasteiger partial charge >= 0.3 is 0 Å². The first-order valence-electron chi connectivity index (χ1n) is 8.32. The summed E-state index contributed by atoms with van der Waals surface area (Å²) in [5.74, 6) is 0.288. The summed E-state index contributed by atoms with van der Waals surface area (Å²) in [7, 11) is 1.77. The van der Waals surface area contributed by atoms with E-state index in [0.717, 1.165) is 4.47 Å². The summed E-state index contributed by atoms with van der Waals surface area (Å²) in [6, 6.07) is 3.13. The van der Waals surface area contributed by atoms with Crippen molar-refractivity contribution in [1.29, 1.82) is 0 Å². The SMILES string of the molecule is CC1CN(C(=O)C(C)N(C)CC(=O)Nc2ccc(Br)cn2)CC(C)O1. The number of ether oxygens (including phenoxy) is 1. The first kappa shape index (κ1) is 19.8. The van der Waals surface area contributed by atoms with Crippen molar-refractivity contribution >= 4 is 33.6 Å². The molecule has 0 aliphatic carbocycles. The number of halogens is 1. The van der Waals surface area contributed by atoms with Gasteiger partial charge < -0.3 is 15.0 Å². The number of rotatable bonds is 5. The second kappa shape index (κ2) is 8.73. The van der Waals surface area contributed by atoms with Gasteiger partial charge in [0.1, 0.15) is 5.82 Å². The summed E-state index contributed by atoms with van der Waals surface area (Å²) >= 11 is 3.30. The molecule has 0 saturated carbocycles. The van der Waals surface area contributed by atoms with Crippen LogP contribution < -0.4 is 5.32 Å². The van der Waals surface area contributed by atoms with Gasteiger partial charge in [0.05, 0.1) is 24.8 Å². The number of nitrogens with zero attached hydrogens (tertiary/aromatic N) is 3. The monoisotopic (exact) mass is 412 g/mol. The largest absolute Gasteiger partial charge is 0.372 e. The lowest BCUT2D eigenvalue weighted by Gasteiger charge is -2.38. The second-order valence-corrected chi connectivity index (χ2v) is 7.42. The number of amides is 2. The molecule has 8 heteroatoms. The molecule has 0 spiro atoms. The predicted octanol–water partition coefficient (Wildman–Crippen LogP) is 1.74. The van der Waals surface area contributed by atoms with Crippen molar-refractivity contribution < 1.29 is 14.3 Å². The van der Waals surface area contributed by atoms with Crippen LogP contribution in [0.3, 0.4) is 0 Å². The number of likely N-dealkylation sites (N-methyl/N-ethyl adjacent to an activating group) is 1. The quantitative estimate of drug-likeness (QED) is 0.796. The van der Waals surface area contributed by atoms with Crippen LogP contribution in [-0.2, 0) is 14.3 Å². The van der Waals surface area contributed by atoms with Gasteiger partial charge in [0.25, 0.3) is 0 Å². The van der Waals surface area contributed by atoms with Crippen molar-refractivity contribution in [3.8, 4) is 0 Å². The lowest BCUT2D eigenvalue weighted by Crippen LogP contribution is -2.54. The Morgan fingerprint density at radius 1 is 1.40 bits per heavy atom. The average Bonchev–Trinajstić information content (AvgIpc) is 2.54. The van der Waals surface area contributed by atoms with Gasteiger partial charge in [0.15, 0.2) is 0 Å². The van der Waals surface area contributed by atoms with Crippen molar-refractivity contribution in [1.82, 2.24) is 14.8 Å². The molecule has 1 aliphatic heterocycles. The van der Waals surface area contributed by atoms with Crippen LogP contribution in [0.2, 0.25) is 0 Å². The highest BCUT2D eigenvalue weighted by atomic mass is 79.9. The van der Waals surface area contributed by atoms with E-state index in [1.165, 1.54) is 0 Å². The van der Waals surface area contributed by atoms with E-state index < -0.39 is 0 Å². The Labute approximate surface area is 156 Å². The molecule has 3 atom stereocenters. The van der Waals surface area contributed by atoms with Gasteiger partial charge in [-0.05, 0) is 55.9 Å². The van der Waals surface area contributed by atoms with E-state index in [0.29, 0.717) is 18.9 Å². The van der Waals surface area contributed by atoms with Crippen LogP contribution in [0.15, 0.2) is 22.8 Å². The topological polar surface area (TPSA) is 74.8 Å². The molecule has 2 amide bonds. The van der Waals surface area contributed by atoms with Crippen molar-refractivity contribution in [3.05, 3.63) is 22.8 Å². The molecular formula is C17H25BrN4O3. The van der Waals surface area contributed by atoms with Gasteiger partial charge in [-0.25, -0.2) is 4.98 Å². The maximum Gasteiger partial charge on any atom is 0.239 e. The molecule has 1 aromatic rings. The zero-order chi connectivity index (χ0) is 18.6. The number of anilines is 1. The van der Waals surface area contributed by atoms with E-state index in [1.807, 2.05) is 25.7 Å². The Balaban J connectivity index is 1.88. The van der Waals surface area contributed by atoms with E-state index in [2.05, 4.69) is 26.2 Å². The van der Waals surface area contributed by atoms with Crippen LogP contribution in [0.5, 0.6) is 0 Å². The zero-order valence-corrected chi connectivity index (χ0v) is 16.6. The van der Waals surface area contributed by atoms with Crippen LogP contribution >= 0.6 is 15.9 Å². The van der Waals surface area contributed by atoms with E-state index in [4.69, 9.17) is 4.74 Å². The van der Waals surface area contributed by atoms with Crippen LogP contribution in [-0.4, -0.2) is 71.5 Å². The van der Waals surface area contributed by atoms with E-state index in [1.54, 1.807) is 30.3 Å². The summed E-state index contributed by atoms with van der Waals surface area (Å²) in [4.78, 5) is 32.5. The summed E-state index contributed by atoms with van der Waals surface area (Å²) in [6.07, 6.45) is 1.67. The van der Waals surface area contributed by atoms with E-state index in [9.17, 15) is 9.59 Å². The number of morpholine rings is 1. The summed E-state index contributed by atoms with van der Waals surface area (Å²) in [5.41, 5.74) is 0. The smallest absolute Gasteiger partial charge is 0.239 e. The van der Waals surface area contributed by atoms with Gasteiger partial charge in [-0.2, -0.15) is 0 Å². The molecule has 0 radical (unpaired) electrons. The number of carbonyl (C=O) groups is 2. The Hall–Kier alpha value is -1.51. The third kappa shape index (κ3) is 5.76. The molecule has 2 rings (SSSR count). The van der Waals surface area contributed by atoms with Crippen LogP contribution in [0.4, 0.5) is 5.82 Å². The Morgan fingerprint density at radius 3 is 2.60 bits per heavy atom. The van der Waals surface area contributed by atoms with E-state index >= 15 is 0 Å². The summed E-state index contributed by atoms with van der Waals surface area (Å²) in [5, 5.41) is 2.73. The van der Waals surface area contributed by atoms with Crippen LogP contribution in [0.25, 0.3) is 0 Å².